The van der Waals surface area contributed by atoms with Crippen molar-refractivity contribution in [2.75, 3.05) is 19.6 Å². The molecular formula is C30H27Cl2F4N3O2. The maximum atomic E-state index is 13.7. The number of hydrogen-bond donors (Lipinski definition) is 2. The summed E-state index contributed by atoms with van der Waals surface area (Å²) >= 11 is 12.1. The van der Waals surface area contributed by atoms with Crippen molar-refractivity contribution < 1.29 is 27.5 Å². The first-order valence-corrected chi connectivity index (χ1v) is 13.6. The van der Waals surface area contributed by atoms with Crippen LogP contribution in [-0.2, 0) is 11.2 Å². The van der Waals surface area contributed by atoms with Gasteiger partial charge >= 0.3 is 12.1 Å². The molecule has 0 amide bonds. The van der Waals surface area contributed by atoms with E-state index in [9.17, 15) is 17.6 Å². The Morgan fingerprint density at radius 2 is 1.54 bits per heavy atom. The number of likely N-dealkylation sites (tertiary alicyclic amines) is 1. The molecule has 1 aliphatic heterocycles. The Kier molecular flexibility index (Phi) is 10.1. The monoisotopic (exact) mass is 607 g/mol. The largest absolute Gasteiger partial charge is 0.490 e. The number of alkyl halides is 3. The van der Waals surface area contributed by atoms with E-state index in [4.69, 9.17) is 33.1 Å². The van der Waals surface area contributed by atoms with Gasteiger partial charge in [0.05, 0.1) is 5.69 Å². The Morgan fingerprint density at radius 3 is 2.12 bits per heavy atom. The first-order chi connectivity index (χ1) is 19.5. The molecule has 0 aliphatic carbocycles. The van der Waals surface area contributed by atoms with Crippen LogP contribution < -0.4 is 0 Å². The first-order valence-electron chi connectivity index (χ1n) is 12.8. The van der Waals surface area contributed by atoms with E-state index in [2.05, 4.69) is 33.3 Å². The normalized spacial score (nSPS) is 17.5. The molecule has 2 heterocycles. The van der Waals surface area contributed by atoms with Crippen molar-refractivity contribution in [2.45, 2.75) is 30.9 Å². The smallest absolute Gasteiger partial charge is 0.475 e. The van der Waals surface area contributed by atoms with Gasteiger partial charge in [0.15, 0.2) is 0 Å². The number of rotatable bonds is 6. The fourth-order valence-corrected chi connectivity index (χ4v) is 5.13. The van der Waals surface area contributed by atoms with E-state index in [1.807, 2.05) is 48.5 Å². The summed E-state index contributed by atoms with van der Waals surface area (Å²) in [6.45, 7) is 2.90. The van der Waals surface area contributed by atoms with Crippen LogP contribution >= 0.6 is 23.2 Å². The molecule has 2 N–H and O–H groups in total. The Hall–Kier alpha value is -3.40. The first kappa shape index (κ1) is 30.6. The van der Waals surface area contributed by atoms with Crippen LogP contribution in [0.2, 0.25) is 10.0 Å². The zero-order chi connectivity index (χ0) is 29.6. The highest BCUT2D eigenvalue weighted by atomic mass is 35.5. The van der Waals surface area contributed by atoms with Crippen LogP contribution in [0.1, 0.15) is 35.1 Å². The third-order valence-corrected chi connectivity index (χ3v) is 7.51. The van der Waals surface area contributed by atoms with Gasteiger partial charge < -0.3 is 10.0 Å². The molecule has 4 aromatic rings. The molecule has 1 aliphatic rings. The lowest BCUT2D eigenvalue weighted by molar-refractivity contribution is -0.192. The van der Waals surface area contributed by atoms with Crippen molar-refractivity contribution in [3.8, 4) is 11.3 Å². The lowest BCUT2D eigenvalue weighted by Gasteiger charge is -2.38. The molecule has 0 radical (unpaired) electrons. The quantitative estimate of drug-likeness (QED) is 0.218. The van der Waals surface area contributed by atoms with Gasteiger partial charge in [-0.2, -0.15) is 18.3 Å². The van der Waals surface area contributed by atoms with Gasteiger partial charge in [0.25, 0.3) is 0 Å². The number of nitrogens with zero attached hydrogens (tertiary/aromatic N) is 2. The Balaban J connectivity index is 0.000000493. The molecule has 1 saturated heterocycles. The second kappa shape index (κ2) is 13.5. The van der Waals surface area contributed by atoms with E-state index in [0.29, 0.717) is 5.02 Å². The van der Waals surface area contributed by atoms with E-state index in [1.165, 1.54) is 5.56 Å². The van der Waals surface area contributed by atoms with E-state index >= 15 is 0 Å². The lowest BCUT2D eigenvalue weighted by Crippen LogP contribution is -2.39. The van der Waals surface area contributed by atoms with E-state index in [1.54, 1.807) is 12.1 Å². The van der Waals surface area contributed by atoms with Gasteiger partial charge in [-0.3, -0.25) is 5.10 Å². The minimum atomic E-state index is -5.08. The minimum absolute atomic E-state index is 0.206. The summed E-state index contributed by atoms with van der Waals surface area (Å²) in [5.74, 6) is -2.43. The van der Waals surface area contributed by atoms with Crippen LogP contribution in [0.3, 0.4) is 0 Å². The number of aromatic amines is 1. The number of carbonyl (C=O) groups is 1. The summed E-state index contributed by atoms with van der Waals surface area (Å²) in [5, 5.41) is 16.5. The second-order valence-electron chi connectivity index (χ2n) is 9.75. The predicted octanol–water partition coefficient (Wildman–Crippen LogP) is 7.97. The number of halogens is 6. The summed E-state index contributed by atoms with van der Waals surface area (Å²) in [4.78, 5) is 11.4. The average Bonchev–Trinajstić information content (AvgIpc) is 3.43. The molecule has 41 heavy (non-hydrogen) atoms. The van der Waals surface area contributed by atoms with Gasteiger partial charge in [-0.25, -0.2) is 9.18 Å². The number of hydrogen-bond acceptors (Lipinski definition) is 3. The van der Waals surface area contributed by atoms with Gasteiger partial charge in [-0.05, 0) is 73.0 Å². The lowest BCUT2D eigenvalue weighted by atomic mass is 9.78. The number of piperidine rings is 1. The van der Waals surface area contributed by atoms with E-state index < -0.39 is 12.1 Å². The van der Waals surface area contributed by atoms with Gasteiger partial charge in [0, 0.05) is 46.2 Å². The summed E-state index contributed by atoms with van der Waals surface area (Å²) in [5.41, 5.74) is 5.51. The number of aliphatic carboxylic acids is 1. The van der Waals surface area contributed by atoms with Crippen LogP contribution in [0.25, 0.3) is 11.3 Å². The van der Waals surface area contributed by atoms with Crippen molar-refractivity contribution in [3.63, 3.8) is 0 Å². The van der Waals surface area contributed by atoms with Crippen LogP contribution in [-0.4, -0.2) is 52.0 Å². The van der Waals surface area contributed by atoms with E-state index in [0.717, 1.165) is 60.0 Å². The molecule has 3 aromatic carbocycles. The molecule has 0 spiro atoms. The highest BCUT2D eigenvalue weighted by Gasteiger charge is 2.38. The molecule has 5 rings (SSSR count). The Morgan fingerprint density at radius 1 is 0.951 bits per heavy atom. The zero-order valence-corrected chi connectivity index (χ0v) is 23.2. The minimum Gasteiger partial charge on any atom is -0.475 e. The van der Waals surface area contributed by atoms with Crippen LogP contribution in [0.4, 0.5) is 17.6 Å². The third-order valence-electron chi connectivity index (χ3n) is 7.00. The predicted molar refractivity (Wildman–Crippen MR) is 151 cm³/mol. The molecule has 0 saturated carbocycles. The summed E-state index contributed by atoms with van der Waals surface area (Å²) in [6, 6.07) is 24.9. The van der Waals surface area contributed by atoms with Gasteiger partial charge in [0.1, 0.15) is 5.82 Å². The van der Waals surface area contributed by atoms with Gasteiger partial charge in [-0.15, -0.1) is 0 Å². The van der Waals surface area contributed by atoms with Crippen LogP contribution in [0.15, 0.2) is 78.9 Å². The fourth-order valence-electron chi connectivity index (χ4n) is 4.88. The molecule has 5 nitrogen and oxygen atoms in total. The fraction of sp³-hybridized carbons (Fsp3) is 0.267. The number of nitrogens with one attached hydrogen (secondary N) is 1. The highest BCUT2D eigenvalue weighted by Crippen LogP contribution is 2.40. The van der Waals surface area contributed by atoms with Crippen molar-refractivity contribution in [3.05, 3.63) is 112 Å². The standard InChI is InChI=1S/C28H26Cl2FN3.C2HF3O2/c29-22-7-1-19(2-8-22)13-15-34-16-14-25(26(18-34)20-5-11-24(31)12-6-20)28-17-27(32-33-28)21-3-9-23(30)10-4-21;3-2(4,5)1(6)7/h1-12,17,25-26H,13-16,18H2,(H,32,33);(H,6,7). The SMILES string of the molecule is Fc1ccc(C2CN(CCc3ccc(Cl)cc3)CCC2c2cc(-c3ccc(Cl)cc3)n[nH]2)cc1.O=C(O)C(F)(F)F. The molecule has 0 bridgehead atoms. The third kappa shape index (κ3) is 8.55. The molecular weight excluding hydrogens is 581 g/mol. The summed E-state index contributed by atoms with van der Waals surface area (Å²) < 4.78 is 45.4. The number of carboxylic acids is 1. The van der Waals surface area contributed by atoms with Crippen molar-refractivity contribution in [1.29, 1.82) is 0 Å². The highest BCUT2D eigenvalue weighted by molar-refractivity contribution is 6.30. The summed E-state index contributed by atoms with van der Waals surface area (Å²) in [7, 11) is 0. The molecule has 216 valence electrons. The van der Waals surface area contributed by atoms with Gasteiger partial charge in [0.2, 0.25) is 0 Å². The summed E-state index contributed by atoms with van der Waals surface area (Å²) in [6.07, 6.45) is -3.10. The maximum absolute atomic E-state index is 13.7. The second-order valence-corrected chi connectivity index (χ2v) is 10.6. The number of carboxylic acid groups (broad SMARTS) is 1. The van der Waals surface area contributed by atoms with Crippen LogP contribution in [0, 0.1) is 5.82 Å². The number of benzene rings is 3. The van der Waals surface area contributed by atoms with Crippen molar-refractivity contribution in [2.24, 2.45) is 0 Å². The maximum Gasteiger partial charge on any atom is 0.490 e. The molecule has 11 heteroatoms. The van der Waals surface area contributed by atoms with Crippen LogP contribution in [0.5, 0.6) is 0 Å². The average molecular weight is 608 g/mol. The zero-order valence-electron chi connectivity index (χ0n) is 21.7. The molecule has 1 fully saturated rings. The molecule has 1 aromatic heterocycles. The number of aromatic nitrogens is 2. The molecule has 2 atom stereocenters. The number of H-pyrrole nitrogens is 1. The Labute approximate surface area is 244 Å². The molecule has 2 unspecified atom stereocenters. The van der Waals surface area contributed by atoms with Crippen molar-refractivity contribution >= 4 is 29.2 Å². The topological polar surface area (TPSA) is 69.2 Å². The van der Waals surface area contributed by atoms with Gasteiger partial charge in [-0.1, -0.05) is 59.6 Å². The Bertz CT molecular complexity index is 1430. The van der Waals surface area contributed by atoms with E-state index in [-0.39, 0.29) is 17.7 Å². The van der Waals surface area contributed by atoms with Crippen molar-refractivity contribution in [1.82, 2.24) is 15.1 Å².